The van der Waals surface area contributed by atoms with E-state index >= 15 is 0 Å². The van der Waals surface area contributed by atoms with Crippen LogP contribution in [-0.4, -0.2) is 64.5 Å². The number of likely N-dealkylation sites (tertiary alicyclic amines) is 2. The summed E-state index contributed by atoms with van der Waals surface area (Å²) in [6.45, 7) is 3.48. The molecule has 0 radical (unpaired) electrons. The average Bonchev–Trinajstić information content (AvgIpc) is 3.33. The van der Waals surface area contributed by atoms with E-state index in [9.17, 15) is 14.7 Å². The number of benzene rings is 1. The quantitative estimate of drug-likeness (QED) is 0.671. The molecule has 1 aromatic heterocycles. The molecular formula is C26H31ClN4O3. The molecule has 180 valence electrons. The molecule has 3 aliphatic heterocycles. The van der Waals surface area contributed by atoms with Gasteiger partial charge in [0.1, 0.15) is 11.9 Å². The molecule has 8 heteroatoms. The first-order valence-corrected chi connectivity index (χ1v) is 12.6. The molecule has 0 aliphatic carbocycles. The molecule has 2 saturated heterocycles. The third kappa shape index (κ3) is 4.77. The maximum Gasteiger partial charge on any atom is 0.325 e. The number of nitrogens with zero attached hydrogens (tertiary/aromatic N) is 3. The molecule has 0 bridgehead atoms. The number of piperidine rings is 1. The van der Waals surface area contributed by atoms with Crippen LogP contribution in [0.15, 0.2) is 36.4 Å². The molecular weight excluding hydrogens is 452 g/mol. The molecule has 1 amide bonds. The van der Waals surface area contributed by atoms with E-state index in [1.54, 1.807) is 24.3 Å². The van der Waals surface area contributed by atoms with E-state index in [0.717, 1.165) is 56.8 Å². The van der Waals surface area contributed by atoms with E-state index in [-0.39, 0.29) is 11.8 Å². The fourth-order valence-corrected chi connectivity index (χ4v) is 5.83. The van der Waals surface area contributed by atoms with E-state index in [4.69, 9.17) is 16.6 Å². The van der Waals surface area contributed by atoms with Gasteiger partial charge in [-0.05, 0) is 61.4 Å². The van der Waals surface area contributed by atoms with Gasteiger partial charge in [-0.3, -0.25) is 14.5 Å². The Morgan fingerprint density at radius 3 is 2.71 bits per heavy atom. The molecule has 4 heterocycles. The van der Waals surface area contributed by atoms with Crippen LogP contribution in [-0.2, 0) is 16.0 Å². The van der Waals surface area contributed by atoms with Gasteiger partial charge in [0.25, 0.3) is 0 Å². The number of aryl methyl sites for hydroxylation is 1. The van der Waals surface area contributed by atoms with Crippen LogP contribution in [0.1, 0.15) is 54.5 Å². The standard InChI is InChI=1S/C26H31ClN4O3/c27-21-5-1-3-19(15-21)23(26(33)34)31-14-10-20(16-31)25(32)30-12-8-17(9-13-30)22-7-6-18-4-2-11-28-24(18)29-22/h1,3,5-7,15,17,20,23H,2,4,8-14,16H2,(H,28,29)(H,33,34)/t20-,23-/m1/s1. The zero-order valence-electron chi connectivity index (χ0n) is 19.3. The maximum atomic E-state index is 13.3. The average molecular weight is 483 g/mol. The van der Waals surface area contributed by atoms with Gasteiger partial charge in [-0.2, -0.15) is 0 Å². The van der Waals surface area contributed by atoms with E-state index in [1.807, 2.05) is 9.80 Å². The summed E-state index contributed by atoms with van der Waals surface area (Å²) in [4.78, 5) is 34.1. The Kier molecular flexibility index (Phi) is 6.75. The second-order valence-electron chi connectivity index (χ2n) is 9.65. The Morgan fingerprint density at radius 1 is 1.12 bits per heavy atom. The highest BCUT2D eigenvalue weighted by Crippen LogP contribution is 2.33. The first kappa shape index (κ1) is 23.1. The second-order valence-corrected chi connectivity index (χ2v) is 10.1. The molecule has 2 fully saturated rings. The van der Waals surface area contributed by atoms with E-state index in [1.165, 1.54) is 5.56 Å². The monoisotopic (exact) mass is 482 g/mol. The summed E-state index contributed by atoms with van der Waals surface area (Å²) in [5, 5.41) is 13.8. The van der Waals surface area contributed by atoms with Crippen LogP contribution in [0.25, 0.3) is 0 Å². The molecule has 0 unspecified atom stereocenters. The number of hydrogen-bond donors (Lipinski definition) is 2. The lowest BCUT2D eigenvalue weighted by atomic mass is 9.91. The highest BCUT2D eigenvalue weighted by molar-refractivity contribution is 6.30. The summed E-state index contributed by atoms with van der Waals surface area (Å²) in [5.41, 5.74) is 3.07. The van der Waals surface area contributed by atoms with Gasteiger partial charge in [-0.15, -0.1) is 0 Å². The van der Waals surface area contributed by atoms with Crippen LogP contribution in [0, 0.1) is 5.92 Å². The van der Waals surface area contributed by atoms with Crippen LogP contribution in [0.2, 0.25) is 5.02 Å². The van der Waals surface area contributed by atoms with Crippen molar-refractivity contribution in [2.24, 2.45) is 5.92 Å². The number of hydrogen-bond acceptors (Lipinski definition) is 5. The summed E-state index contributed by atoms with van der Waals surface area (Å²) >= 11 is 6.09. The van der Waals surface area contributed by atoms with Crippen molar-refractivity contribution in [2.45, 2.75) is 44.1 Å². The van der Waals surface area contributed by atoms with Gasteiger partial charge in [0.2, 0.25) is 5.91 Å². The van der Waals surface area contributed by atoms with E-state index in [2.05, 4.69) is 17.4 Å². The molecule has 3 aliphatic rings. The fourth-order valence-electron chi connectivity index (χ4n) is 5.63. The number of aliphatic carboxylic acids is 1. The van der Waals surface area contributed by atoms with Crippen molar-refractivity contribution in [3.63, 3.8) is 0 Å². The summed E-state index contributed by atoms with van der Waals surface area (Å²) in [6, 6.07) is 10.6. The molecule has 7 nitrogen and oxygen atoms in total. The molecule has 2 atom stereocenters. The minimum absolute atomic E-state index is 0.149. The van der Waals surface area contributed by atoms with Crippen LogP contribution < -0.4 is 5.32 Å². The van der Waals surface area contributed by atoms with Gasteiger partial charge in [0.15, 0.2) is 0 Å². The highest BCUT2D eigenvalue weighted by Gasteiger charge is 2.38. The number of carbonyl (C=O) groups is 2. The predicted octanol–water partition coefficient (Wildman–Crippen LogP) is 3.95. The Balaban J connectivity index is 1.19. The Morgan fingerprint density at radius 2 is 1.94 bits per heavy atom. The number of fused-ring (bicyclic) bond motifs is 1. The molecule has 1 aromatic carbocycles. The van der Waals surface area contributed by atoms with Crippen LogP contribution >= 0.6 is 11.6 Å². The normalized spacial score (nSPS) is 22.1. The lowest BCUT2D eigenvalue weighted by molar-refractivity contribution is -0.144. The number of rotatable bonds is 5. The number of anilines is 1. The first-order chi connectivity index (χ1) is 16.5. The van der Waals surface area contributed by atoms with Gasteiger partial charge >= 0.3 is 5.97 Å². The summed E-state index contributed by atoms with van der Waals surface area (Å²) in [5.74, 6) is 0.474. The van der Waals surface area contributed by atoms with Crippen LogP contribution in [0.3, 0.4) is 0 Å². The van der Waals surface area contributed by atoms with E-state index in [0.29, 0.717) is 36.0 Å². The van der Waals surface area contributed by atoms with Crippen molar-refractivity contribution in [3.8, 4) is 0 Å². The van der Waals surface area contributed by atoms with Gasteiger partial charge in [0, 0.05) is 49.4 Å². The molecule has 34 heavy (non-hydrogen) atoms. The van der Waals surface area contributed by atoms with Crippen molar-refractivity contribution < 1.29 is 14.7 Å². The minimum atomic E-state index is -0.914. The lowest BCUT2D eigenvalue weighted by Crippen LogP contribution is -2.42. The number of nitrogens with one attached hydrogen (secondary N) is 1. The SMILES string of the molecule is O=C(O)[C@@H](c1cccc(Cl)c1)N1CC[C@@H](C(=O)N2CCC(c3ccc4c(n3)NCCC4)CC2)C1. The smallest absolute Gasteiger partial charge is 0.325 e. The molecule has 5 rings (SSSR count). The summed E-state index contributed by atoms with van der Waals surface area (Å²) in [6.07, 6.45) is 4.74. The van der Waals surface area contributed by atoms with Crippen molar-refractivity contribution in [1.29, 1.82) is 0 Å². The number of carbonyl (C=O) groups excluding carboxylic acids is 1. The zero-order valence-corrected chi connectivity index (χ0v) is 20.0. The number of amides is 1. The topological polar surface area (TPSA) is 85.8 Å². The van der Waals surface area contributed by atoms with Gasteiger partial charge < -0.3 is 15.3 Å². The Hall–Kier alpha value is -2.64. The van der Waals surface area contributed by atoms with Crippen LogP contribution in [0.5, 0.6) is 0 Å². The largest absolute Gasteiger partial charge is 0.480 e. The first-order valence-electron chi connectivity index (χ1n) is 12.2. The van der Waals surface area contributed by atoms with Gasteiger partial charge in [-0.25, -0.2) is 4.98 Å². The van der Waals surface area contributed by atoms with Crippen molar-refractivity contribution >= 4 is 29.3 Å². The van der Waals surface area contributed by atoms with Gasteiger partial charge in [0.05, 0.1) is 5.92 Å². The molecule has 0 saturated carbocycles. The summed E-state index contributed by atoms with van der Waals surface area (Å²) in [7, 11) is 0. The summed E-state index contributed by atoms with van der Waals surface area (Å²) < 4.78 is 0. The number of carboxylic acid groups (broad SMARTS) is 1. The van der Waals surface area contributed by atoms with E-state index < -0.39 is 12.0 Å². The lowest BCUT2D eigenvalue weighted by Gasteiger charge is -2.34. The predicted molar refractivity (Wildman–Crippen MR) is 131 cm³/mol. The molecule has 0 spiro atoms. The molecule has 2 aromatic rings. The number of pyridine rings is 1. The third-order valence-electron chi connectivity index (χ3n) is 7.47. The Labute approximate surface area is 205 Å². The van der Waals surface area contributed by atoms with Crippen LogP contribution in [0.4, 0.5) is 5.82 Å². The number of aromatic nitrogens is 1. The van der Waals surface area contributed by atoms with Crippen molar-refractivity contribution in [3.05, 3.63) is 58.2 Å². The van der Waals surface area contributed by atoms with Crippen molar-refractivity contribution in [2.75, 3.05) is 38.0 Å². The van der Waals surface area contributed by atoms with Crippen molar-refractivity contribution in [1.82, 2.24) is 14.8 Å². The maximum absolute atomic E-state index is 13.3. The number of carboxylic acids is 1. The highest BCUT2D eigenvalue weighted by atomic mass is 35.5. The van der Waals surface area contributed by atoms with Gasteiger partial charge in [-0.1, -0.05) is 29.8 Å². The third-order valence-corrected chi connectivity index (χ3v) is 7.71. The Bertz CT molecular complexity index is 1070. The molecule has 2 N–H and O–H groups in total. The minimum Gasteiger partial charge on any atom is -0.480 e. The number of halogens is 1. The second kappa shape index (κ2) is 9.92. The zero-order chi connectivity index (χ0) is 23.7. The fraction of sp³-hybridized carbons (Fsp3) is 0.500.